The minimum atomic E-state index is -0.275. The van der Waals surface area contributed by atoms with Gasteiger partial charge in [0, 0.05) is 13.2 Å². The van der Waals surface area contributed by atoms with Crippen LogP contribution in [0.1, 0.15) is 19.8 Å². The van der Waals surface area contributed by atoms with Crippen LogP contribution < -0.4 is 5.32 Å². The minimum absolute atomic E-state index is 0.275. The highest BCUT2D eigenvalue weighted by atomic mass is 19.1. The zero-order valence-electron chi connectivity index (χ0n) is 7.24. The van der Waals surface area contributed by atoms with Gasteiger partial charge in [0.15, 0.2) is 0 Å². The lowest BCUT2D eigenvalue weighted by molar-refractivity contribution is 0.128. The van der Waals surface area contributed by atoms with Crippen LogP contribution in [-0.2, 0) is 4.74 Å². The molecule has 0 unspecified atom stereocenters. The molecule has 2 nitrogen and oxygen atoms in total. The highest BCUT2D eigenvalue weighted by Crippen LogP contribution is 1.82. The van der Waals surface area contributed by atoms with Crippen molar-refractivity contribution in [3.63, 3.8) is 0 Å². The molecule has 11 heavy (non-hydrogen) atoms. The van der Waals surface area contributed by atoms with E-state index in [1.165, 1.54) is 0 Å². The number of halogens is 1. The normalized spacial score (nSPS) is 10.4. The SMILES string of the molecule is CCCNCCOCCCF. The summed E-state index contributed by atoms with van der Waals surface area (Å²) in [7, 11) is 0. The Morgan fingerprint density at radius 2 is 2.09 bits per heavy atom. The molecule has 0 fully saturated rings. The second kappa shape index (κ2) is 9.85. The van der Waals surface area contributed by atoms with Crippen LogP contribution in [0, 0.1) is 0 Å². The summed E-state index contributed by atoms with van der Waals surface area (Å²) in [5, 5.41) is 3.19. The molecule has 3 heteroatoms. The average molecular weight is 163 g/mol. The molecule has 0 aromatic rings. The zero-order chi connectivity index (χ0) is 8.36. The number of hydrogen-bond acceptors (Lipinski definition) is 2. The summed E-state index contributed by atoms with van der Waals surface area (Å²) in [4.78, 5) is 0. The van der Waals surface area contributed by atoms with Crippen LogP contribution >= 0.6 is 0 Å². The highest BCUT2D eigenvalue weighted by molar-refractivity contribution is 4.43. The molecule has 0 aliphatic heterocycles. The third kappa shape index (κ3) is 9.85. The monoisotopic (exact) mass is 163 g/mol. The van der Waals surface area contributed by atoms with Crippen molar-refractivity contribution in [2.75, 3.05) is 33.0 Å². The molecule has 0 rings (SSSR count). The highest BCUT2D eigenvalue weighted by Gasteiger charge is 1.87. The molecule has 0 saturated heterocycles. The lowest BCUT2D eigenvalue weighted by Gasteiger charge is -2.03. The molecule has 0 bridgehead atoms. The van der Waals surface area contributed by atoms with Gasteiger partial charge >= 0.3 is 0 Å². The number of hydrogen-bond donors (Lipinski definition) is 1. The van der Waals surface area contributed by atoms with Gasteiger partial charge in [-0.15, -0.1) is 0 Å². The van der Waals surface area contributed by atoms with E-state index in [1.54, 1.807) is 0 Å². The van der Waals surface area contributed by atoms with Crippen molar-refractivity contribution in [2.24, 2.45) is 0 Å². The fourth-order valence-electron chi connectivity index (χ4n) is 0.705. The number of rotatable bonds is 8. The Bertz CT molecular complexity index is 63.1. The fourth-order valence-corrected chi connectivity index (χ4v) is 0.705. The topological polar surface area (TPSA) is 21.3 Å². The van der Waals surface area contributed by atoms with E-state index in [4.69, 9.17) is 4.74 Å². The third-order valence-corrected chi connectivity index (χ3v) is 1.27. The van der Waals surface area contributed by atoms with Gasteiger partial charge in [0.2, 0.25) is 0 Å². The summed E-state index contributed by atoms with van der Waals surface area (Å²) in [6, 6.07) is 0. The first kappa shape index (κ1) is 10.8. The Hall–Kier alpha value is -0.150. The molecule has 0 spiro atoms. The van der Waals surface area contributed by atoms with Crippen LogP contribution in [0.2, 0.25) is 0 Å². The van der Waals surface area contributed by atoms with Crippen LogP contribution in [0.4, 0.5) is 4.39 Å². The van der Waals surface area contributed by atoms with Gasteiger partial charge in [0.1, 0.15) is 0 Å². The maximum atomic E-state index is 11.5. The summed E-state index contributed by atoms with van der Waals surface area (Å²) >= 11 is 0. The quantitative estimate of drug-likeness (QED) is 0.545. The maximum Gasteiger partial charge on any atom is 0.0916 e. The van der Waals surface area contributed by atoms with E-state index in [0.717, 1.165) is 19.5 Å². The Balaban J connectivity index is 2.69. The molecule has 0 aromatic carbocycles. The molecule has 68 valence electrons. The summed E-state index contributed by atoms with van der Waals surface area (Å²) in [6.45, 7) is 5.00. The zero-order valence-corrected chi connectivity index (χ0v) is 7.24. The summed E-state index contributed by atoms with van der Waals surface area (Å²) in [5.74, 6) is 0. The molecule has 0 saturated carbocycles. The summed E-state index contributed by atoms with van der Waals surface area (Å²) in [6.07, 6.45) is 1.66. The second-order valence-electron chi connectivity index (χ2n) is 2.40. The lowest BCUT2D eigenvalue weighted by atomic mass is 10.5. The van der Waals surface area contributed by atoms with E-state index in [-0.39, 0.29) is 6.67 Å². The van der Waals surface area contributed by atoms with E-state index in [2.05, 4.69) is 12.2 Å². The van der Waals surface area contributed by atoms with Gasteiger partial charge < -0.3 is 10.1 Å². The molecule has 0 radical (unpaired) electrons. The Labute approximate surface area is 68.1 Å². The van der Waals surface area contributed by atoms with Gasteiger partial charge in [-0.1, -0.05) is 6.92 Å². The van der Waals surface area contributed by atoms with Crippen LogP contribution in [-0.4, -0.2) is 33.0 Å². The van der Waals surface area contributed by atoms with Gasteiger partial charge in [0.25, 0.3) is 0 Å². The molecule has 0 amide bonds. The van der Waals surface area contributed by atoms with Gasteiger partial charge in [-0.25, -0.2) is 0 Å². The molecular formula is C8H18FNO. The Morgan fingerprint density at radius 1 is 1.27 bits per heavy atom. The van der Waals surface area contributed by atoms with Crippen LogP contribution in [0.5, 0.6) is 0 Å². The molecule has 0 aliphatic rings. The lowest BCUT2D eigenvalue weighted by Crippen LogP contribution is -2.20. The second-order valence-corrected chi connectivity index (χ2v) is 2.40. The van der Waals surface area contributed by atoms with Crippen molar-refractivity contribution >= 4 is 0 Å². The van der Waals surface area contributed by atoms with E-state index >= 15 is 0 Å². The van der Waals surface area contributed by atoms with E-state index in [0.29, 0.717) is 19.6 Å². The molecular weight excluding hydrogens is 145 g/mol. The summed E-state index contributed by atoms with van der Waals surface area (Å²) < 4.78 is 16.6. The number of ether oxygens (including phenoxy) is 1. The van der Waals surface area contributed by atoms with Crippen molar-refractivity contribution in [3.05, 3.63) is 0 Å². The summed E-state index contributed by atoms with van der Waals surface area (Å²) in [5.41, 5.74) is 0. The number of alkyl halides is 1. The first-order chi connectivity index (χ1) is 5.41. The van der Waals surface area contributed by atoms with Gasteiger partial charge in [-0.3, -0.25) is 4.39 Å². The van der Waals surface area contributed by atoms with Crippen molar-refractivity contribution in [1.29, 1.82) is 0 Å². The van der Waals surface area contributed by atoms with Gasteiger partial charge in [-0.05, 0) is 19.4 Å². The number of nitrogens with one attached hydrogen (secondary N) is 1. The fraction of sp³-hybridized carbons (Fsp3) is 1.00. The molecule has 0 heterocycles. The molecule has 0 atom stereocenters. The Morgan fingerprint density at radius 3 is 2.73 bits per heavy atom. The Kier molecular flexibility index (Phi) is 9.72. The van der Waals surface area contributed by atoms with Gasteiger partial charge in [-0.2, -0.15) is 0 Å². The van der Waals surface area contributed by atoms with Gasteiger partial charge in [0.05, 0.1) is 13.3 Å². The van der Waals surface area contributed by atoms with Crippen molar-refractivity contribution in [1.82, 2.24) is 5.32 Å². The largest absolute Gasteiger partial charge is 0.380 e. The average Bonchev–Trinajstić information content (AvgIpc) is 2.03. The molecule has 0 aliphatic carbocycles. The predicted molar refractivity (Wildman–Crippen MR) is 44.6 cm³/mol. The van der Waals surface area contributed by atoms with Crippen molar-refractivity contribution in [2.45, 2.75) is 19.8 Å². The van der Waals surface area contributed by atoms with Crippen molar-refractivity contribution < 1.29 is 9.13 Å². The third-order valence-electron chi connectivity index (χ3n) is 1.27. The maximum absolute atomic E-state index is 11.5. The van der Waals surface area contributed by atoms with Crippen LogP contribution in [0.15, 0.2) is 0 Å². The van der Waals surface area contributed by atoms with E-state index in [9.17, 15) is 4.39 Å². The van der Waals surface area contributed by atoms with Crippen LogP contribution in [0.3, 0.4) is 0 Å². The van der Waals surface area contributed by atoms with E-state index < -0.39 is 0 Å². The minimum Gasteiger partial charge on any atom is -0.380 e. The first-order valence-corrected chi connectivity index (χ1v) is 4.26. The first-order valence-electron chi connectivity index (χ1n) is 4.26. The molecule has 1 N–H and O–H groups in total. The standard InChI is InChI=1S/C8H18FNO/c1-2-5-10-6-8-11-7-3-4-9/h10H,2-8H2,1H3. The van der Waals surface area contributed by atoms with Crippen LogP contribution in [0.25, 0.3) is 0 Å². The molecule has 0 aromatic heterocycles. The van der Waals surface area contributed by atoms with E-state index in [1.807, 2.05) is 0 Å². The predicted octanol–water partition coefficient (Wildman–Crippen LogP) is 1.36. The smallest absolute Gasteiger partial charge is 0.0916 e. The van der Waals surface area contributed by atoms with Crippen molar-refractivity contribution in [3.8, 4) is 0 Å².